The van der Waals surface area contributed by atoms with Crippen molar-refractivity contribution in [2.24, 2.45) is 0 Å². The fourth-order valence-corrected chi connectivity index (χ4v) is 4.73. The molecule has 1 heterocycles. The smallest absolute Gasteiger partial charge is 0.265 e. The summed E-state index contributed by atoms with van der Waals surface area (Å²) in [5.74, 6) is 0.258. The number of hydrogen-bond donors (Lipinski definition) is 2. The molecule has 32 heavy (non-hydrogen) atoms. The van der Waals surface area contributed by atoms with Gasteiger partial charge in [0.2, 0.25) is 0 Å². The largest absolute Gasteiger partial charge is 0.495 e. The van der Waals surface area contributed by atoms with Gasteiger partial charge in [-0.15, -0.1) is 11.3 Å². The highest BCUT2D eigenvalue weighted by Crippen LogP contribution is 2.36. The second kappa shape index (κ2) is 9.81. The first kappa shape index (κ1) is 21.8. The Morgan fingerprint density at radius 1 is 0.938 bits per heavy atom. The van der Waals surface area contributed by atoms with Gasteiger partial charge in [-0.05, 0) is 22.8 Å². The summed E-state index contributed by atoms with van der Waals surface area (Å²) in [6.45, 7) is 0.0759. The van der Waals surface area contributed by atoms with Crippen LogP contribution in [-0.4, -0.2) is 24.7 Å². The molecule has 1 atom stereocenters. The molecule has 0 aliphatic heterocycles. The van der Waals surface area contributed by atoms with Crippen molar-refractivity contribution in [1.29, 1.82) is 0 Å². The Balaban J connectivity index is 1.57. The highest BCUT2D eigenvalue weighted by atomic mass is 32.1. The van der Waals surface area contributed by atoms with E-state index in [4.69, 9.17) is 4.74 Å². The van der Waals surface area contributed by atoms with Crippen LogP contribution in [-0.2, 0) is 12.0 Å². The second-order valence-corrected chi connectivity index (χ2v) is 8.67. The van der Waals surface area contributed by atoms with E-state index < -0.39 is 5.60 Å². The molecule has 0 saturated heterocycles. The van der Waals surface area contributed by atoms with Crippen LogP contribution in [0.2, 0.25) is 0 Å². The summed E-state index contributed by atoms with van der Waals surface area (Å²) in [6.07, 6.45) is 0.384. The van der Waals surface area contributed by atoms with Gasteiger partial charge in [-0.1, -0.05) is 91.0 Å². The van der Waals surface area contributed by atoms with E-state index in [0.29, 0.717) is 17.0 Å². The van der Waals surface area contributed by atoms with Crippen molar-refractivity contribution >= 4 is 17.2 Å². The minimum Gasteiger partial charge on any atom is -0.495 e. The Kier molecular flexibility index (Phi) is 6.69. The molecule has 4 aromatic rings. The van der Waals surface area contributed by atoms with Crippen LogP contribution in [0, 0.1) is 0 Å². The van der Waals surface area contributed by atoms with Gasteiger partial charge < -0.3 is 15.2 Å². The van der Waals surface area contributed by atoms with Crippen LogP contribution in [0.4, 0.5) is 0 Å². The zero-order valence-electron chi connectivity index (χ0n) is 17.8. The Hall–Kier alpha value is -3.41. The number of rotatable bonds is 8. The van der Waals surface area contributed by atoms with Gasteiger partial charge in [-0.3, -0.25) is 4.79 Å². The first-order valence-corrected chi connectivity index (χ1v) is 11.2. The molecule has 0 spiro atoms. The van der Waals surface area contributed by atoms with E-state index in [2.05, 4.69) is 5.32 Å². The molecule has 1 aromatic heterocycles. The predicted molar refractivity (Wildman–Crippen MR) is 129 cm³/mol. The number of benzene rings is 3. The first-order chi connectivity index (χ1) is 15.6. The van der Waals surface area contributed by atoms with Crippen LogP contribution in [0.1, 0.15) is 20.8 Å². The number of carbonyl (C=O) groups excluding carboxylic acids is 1. The molecule has 0 saturated carbocycles. The summed E-state index contributed by atoms with van der Waals surface area (Å²) < 4.78 is 5.47. The maximum atomic E-state index is 13.1. The summed E-state index contributed by atoms with van der Waals surface area (Å²) in [6, 6.07) is 31.0. The van der Waals surface area contributed by atoms with E-state index in [1.54, 1.807) is 7.11 Å². The van der Waals surface area contributed by atoms with E-state index >= 15 is 0 Å². The van der Waals surface area contributed by atoms with Crippen LogP contribution in [0.25, 0.3) is 10.4 Å². The molecule has 5 heteroatoms. The standard InChI is InChI=1S/C27H25NO3S/c1-31-23-17-24(21-13-7-3-8-14-21)32-25(23)26(29)28-19-27(30,22-15-9-4-10-16-22)18-20-11-5-2-6-12-20/h2-17,30H,18-19H2,1H3,(H,28,29). The third-order valence-electron chi connectivity index (χ3n) is 5.37. The first-order valence-electron chi connectivity index (χ1n) is 10.4. The van der Waals surface area contributed by atoms with Crippen molar-refractivity contribution in [3.05, 3.63) is 113 Å². The summed E-state index contributed by atoms with van der Waals surface area (Å²) in [4.78, 5) is 14.5. The Bertz CT molecular complexity index is 1160. The number of carbonyl (C=O) groups is 1. The van der Waals surface area contributed by atoms with Gasteiger partial charge in [0.1, 0.15) is 16.2 Å². The molecular formula is C27H25NO3S. The van der Waals surface area contributed by atoms with Crippen LogP contribution < -0.4 is 10.1 Å². The van der Waals surface area contributed by atoms with Crippen molar-refractivity contribution in [3.8, 4) is 16.2 Å². The topological polar surface area (TPSA) is 58.6 Å². The van der Waals surface area contributed by atoms with Gasteiger partial charge in [-0.2, -0.15) is 0 Å². The molecule has 1 amide bonds. The van der Waals surface area contributed by atoms with Crippen LogP contribution in [0.5, 0.6) is 5.75 Å². The summed E-state index contributed by atoms with van der Waals surface area (Å²) in [7, 11) is 1.56. The average molecular weight is 444 g/mol. The van der Waals surface area contributed by atoms with E-state index in [1.165, 1.54) is 11.3 Å². The lowest BCUT2D eigenvalue weighted by Gasteiger charge is -2.29. The van der Waals surface area contributed by atoms with E-state index in [-0.39, 0.29) is 12.5 Å². The van der Waals surface area contributed by atoms with Crippen LogP contribution in [0.15, 0.2) is 97.1 Å². The molecule has 4 nitrogen and oxygen atoms in total. The van der Waals surface area contributed by atoms with Crippen molar-refractivity contribution in [3.63, 3.8) is 0 Å². The van der Waals surface area contributed by atoms with Gasteiger partial charge in [0, 0.05) is 11.3 Å². The SMILES string of the molecule is COc1cc(-c2ccccc2)sc1C(=O)NCC(O)(Cc1ccccc1)c1ccccc1. The Morgan fingerprint density at radius 3 is 2.16 bits per heavy atom. The number of nitrogens with one attached hydrogen (secondary N) is 1. The number of thiophene rings is 1. The molecule has 0 fully saturated rings. The zero-order chi connectivity index (χ0) is 22.4. The number of methoxy groups -OCH3 is 1. The third-order valence-corrected chi connectivity index (χ3v) is 6.54. The maximum absolute atomic E-state index is 13.1. The lowest BCUT2D eigenvalue weighted by Crippen LogP contribution is -2.42. The minimum atomic E-state index is -1.25. The van der Waals surface area contributed by atoms with Crippen molar-refractivity contribution in [2.75, 3.05) is 13.7 Å². The molecule has 4 rings (SSSR count). The molecule has 0 aliphatic rings. The third kappa shape index (κ3) is 4.90. The molecule has 0 aliphatic carbocycles. The predicted octanol–water partition coefficient (Wildman–Crippen LogP) is 5.28. The monoisotopic (exact) mass is 443 g/mol. The highest BCUT2D eigenvalue weighted by Gasteiger charge is 2.31. The summed E-state index contributed by atoms with van der Waals surface area (Å²) in [5.41, 5.74) is 1.53. The average Bonchev–Trinajstić information content (AvgIpc) is 3.29. The maximum Gasteiger partial charge on any atom is 0.265 e. The molecule has 3 aromatic carbocycles. The number of amides is 1. The zero-order valence-corrected chi connectivity index (χ0v) is 18.6. The molecular weight excluding hydrogens is 418 g/mol. The second-order valence-electron chi connectivity index (χ2n) is 7.62. The van der Waals surface area contributed by atoms with Gasteiger partial charge in [-0.25, -0.2) is 0 Å². The minimum absolute atomic E-state index is 0.0759. The van der Waals surface area contributed by atoms with Crippen LogP contribution >= 0.6 is 11.3 Å². The molecule has 0 bridgehead atoms. The number of aliphatic hydroxyl groups is 1. The lowest BCUT2D eigenvalue weighted by molar-refractivity contribution is 0.0353. The van der Waals surface area contributed by atoms with E-state index in [0.717, 1.165) is 21.6 Å². The van der Waals surface area contributed by atoms with Crippen molar-refractivity contribution in [2.45, 2.75) is 12.0 Å². The Morgan fingerprint density at radius 2 is 1.53 bits per heavy atom. The number of ether oxygens (including phenoxy) is 1. The number of hydrogen-bond acceptors (Lipinski definition) is 4. The van der Waals surface area contributed by atoms with Crippen LogP contribution in [0.3, 0.4) is 0 Å². The lowest BCUT2D eigenvalue weighted by atomic mass is 9.87. The molecule has 162 valence electrons. The fourth-order valence-electron chi connectivity index (χ4n) is 3.68. The van der Waals surface area contributed by atoms with Gasteiger partial charge in [0.05, 0.1) is 13.7 Å². The quantitative estimate of drug-likeness (QED) is 0.389. The molecule has 1 unspecified atom stereocenters. The van der Waals surface area contributed by atoms with E-state index in [9.17, 15) is 9.90 Å². The molecule has 0 radical (unpaired) electrons. The fraction of sp³-hybridized carbons (Fsp3) is 0.148. The summed E-state index contributed by atoms with van der Waals surface area (Å²) >= 11 is 1.38. The highest BCUT2D eigenvalue weighted by molar-refractivity contribution is 7.17. The molecule has 2 N–H and O–H groups in total. The normalized spacial score (nSPS) is 12.7. The summed E-state index contributed by atoms with van der Waals surface area (Å²) in [5, 5.41) is 14.5. The van der Waals surface area contributed by atoms with Gasteiger partial charge >= 0.3 is 0 Å². The van der Waals surface area contributed by atoms with Crippen molar-refractivity contribution in [1.82, 2.24) is 5.32 Å². The van der Waals surface area contributed by atoms with Gasteiger partial charge in [0.15, 0.2) is 0 Å². The van der Waals surface area contributed by atoms with Crippen molar-refractivity contribution < 1.29 is 14.6 Å². The Labute approximate surface area is 192 Å². The van der Waals surface area contributed by atoms with E-state index in [1.807, 2.05) is 97.1 Å². The van der Waals surface area contributed by atoms with Gasteiger partial charge in [0.25, 0.3) is 5.91 Å².